The van der Waals surface area contributed by atoms with Crippen LogP contribution >= 0.6 is 11.6 Å². The fraction of sp³-hybridized carbons (Fsp3) is 0.0952. The Bertz CT molecular complexity index is 942. The maximum absolute atomic E-state index is 12.4. The minimum Gasteiger partial charge on any atom is -0.497 e. The molecule has 0 aromatic heterocycles. The SMILES string of the molecule is COc1cccc(C(=O)Nc2ccc(Nc3cc(Cl)ccc3OC)cc2)c1. The highest BCUT2D eigenvalue weighted by Gasteiger charge is 2.08. The number of hydrogen-bond acceptors (Lipinski definition) is 4. The van der Waals surface area contributed by atoms with Gasteiger partial charge in [-0.1, -0.05) is 17.7 Å². The second-order valence-corrected chi connectivity index (χ2v) is 6.17. The van der Waals surface area contributed by atoms with Crippen molar-refractivity contribution in [3.63, 3.8) is 0 Å². The molecule has 0 aliphatic rings. The Morgan fingerprint density at radius 3 is 2.33 bits per heavy atom. The predicted molar refractivity (Wildman–Crippen MR) is 109 cm³/mol. The molecule has 0 aliphatic heterocycles. The molecule has 6 heteroatoms. The van der Waals surface area contributed by atoms with Crippen LogP contribution < -0.4 is 20.1 Å². The minimum absolute atomic E-state index is 0.203. The summed E-state index contributed by atoms with van der Waals surface area (Å²) in [6.07, 6.45) is 0. The Labute approximate surface area is 162 Å². The van der Waals surface area contributed by atoms with Crippen molar-refractivity contribution in [1.29, 1.82) is 0 Å². The lowest BCUT2D eigenvalue weighted by Gasteiger charge is -2.12. The van der Waals surface area contributed by atoms with E-state index in [2.05, 4.69) is 10.6 Å². The molecule has 3 aromatic carbocycles. The van der Waals surface area contributed by atoms with Gasteiger partial charge in [-0.05, 0) is 60.7 Å². The van der Waals surface area contributed by atoms with E-state index in [1.165, 1.54) is 0 Å². The van der Waals surface area contributed by atoms with Crippen LogP contribution in [0.3, 0.4) is 0 Å². The quantitative estimate of drug-likeness (QED) is 0.603. The number of carbonyl (C=O) groups is 1. The van der Waals surface area contributed by atoms with Crippen molar-refractivity contribution in [2.45, 2.75) is 0 Å². The van der Waals surface area contributed by atoms with Crippen LogP contribution in [-0.4, -0.2) is 20.1 Å². The minimum atomic E-state index is -0.203. The van der Waals surface area contributed by atoms with Crippen LogP contribution in [0.25, 0.3) is 0 Å². The molecule has 2 N–H and O–H groups in total. The Kier molecular flexibility index (Phi) is 5.84. The molecule has 0 radical (unpaired) electrons. The molecule has 0 unspecified atom stereocenters. The molecular formula is C21H19ClN2O3. The number of methoxy groups -OCH3 is 2. The summed E-state index contributed by atoms with van der Waals surface area (Å²) in [4.78, 5) is 12.4. The van der Waals surface area contributed by atoms with E-state index in [1.807, 2.05) is 24.3 Å². The summed E-state index contributed by atoms with van der Waals surface area (Å²) in [5.41, 5.74) is 2.82. The van der Waals surface area contributed by atoms with Gasteiger partial charge in [0.1, 0.15) is 11.5 Å². The van der Waals surface area contributed by atoms with Gasteiger partial charge in [0.15, 0.2) is 0 Å². The molecule has 0 heterocycles. The van der Waals surface area contributed by atoms with Gasteiger partial charge in [-0.2, -0.15) is 0 Å². The number of benzene rings is 3. The van der Waals surface area contributed by atoms with Crippen LogP contribution in [-0.2, 0) is 0 Å². The lowest BCUT2D eigenvalue weighted by Crippen LogP contribution is -2.11. The van der Waals surface area contributed by atoms with E-state index in [9.17, 15) is 4.79 Å². The maximum Gasteiger partial charge on any atom is 0.255 e. The molecule has 27 heavy (non-hydrogen) atoms. The third kappa shape index (κ3) is 4.71. The van der Waals surface area contributed by atoms with Crippen molar-refractivity contribution < 1.29 is 14.3 Å². The summed E-state index contributed by atoms with van der Waals surface area (Å²) in [6, 6.07) is 19.7. The largest absolute Gasteiger partial charge is 0.497 e. The smallest absolute Gasteiger partial charge is 0.255 e. The first-order chi connectivity index (χ1) is 13.1. The number of hydrogen-bond donors (Lipinski definition) is 2. The second kappa shape index (κ2) is 8.47. The van der Waals surface area contributed by atoms with Crippen molar-refractivity contribution >= 4 is 34.6 Å². The number of ether oxygens (including phenoxy) is 2. The van der Waals surface area contributed by atoms with Crippen molar-refractivity contribution in [3.8, 4) is 11.5 Å². The molecule has 0 spiro atoms. The molecule has 0 fully saturated rings. The lowest BCUT2D eigenvalue weighted by molar-refractivity contribution is 0.102. The fourth-order valence-corrected chi connectivity index (χ4v) is 2.71. The van der Waals surface area contributed by atoms with Crippen molar-refractivity contribution in [2.24, 2.45) is 0 Å². The molecule has 3 rings (SSSR count). The van der Waals surface area contributed by atoms with Gasteiger partial charge < -0.3 is 20.1 Å². The van der Waals surface area contributed by atoms with Gasteiger partial charge in [0.25, 0.3) is 5.91 Å². The molecule has 0 atom stereocenters. The van der Waals surface area contributed by atoms with Gasteiger partial charge in [0, 0.05) is 22.0 Å². The molecule has 3 aromatic rings. The monoisotopic (exact) mass is 382 g/mol. The van der Waals surface area contributed by atoms with Gasteiger partial charge in [-0.25, -0.2) is 0 Å². The number of anilines is 3. The van der Waals surface area contributed by atoms with E-state index in [-0.39, 0.29) is 5.91 Å². The van der Waals surface area contributed by atoms with E-state index in [0.29, 0.717) is 27.8 Å². The topological polar surface area (TPSA) is 59.6 Å². The summed E-state index contributed by atoms with van der Waals surface area (Å²) < 4.78 is 10.5. The number of rotatable bonds is 6. The number of carbonyl (C=O) groups excluding carboxylic acids is 1. The zero-order valence-corrected chi connectivity index (χ0v) is 15.7. The molecule has 138 valence electrons. The summed E-state index contributed by atoms with van der Waals surface area (Å²) in [5.74, 6) is 1.12. The Balaban J connectivity index is 1.70. The second-order valence-electron chi connectivity index (χ2n) is 5.73. The van der Waals surface area contributed by atoms with Gasteiger partial charge in [0.2, 0.25) is 0 Å². The van der Waals surface area contributed by atoms with Crippen LogP contribution in [0.2, 0.25) is 5.02 Å². The number of halogens is 1. The highest BCUT2D eigenvalue weighted by molar-refractivity contribution is 6.31. The summed E-state index contributed by atoms with van der Waals surface area (Å²) >= 11 is 6.05. The van der Waals surface area contributed by atoms with Crippen molar-refractivity contribution in [2.75, 3.05) is 24.9 Å². The van der Waals surface area contributed by atoms with E-state index < -0.39 is 0 Å². The number of nitrogens with one attached hydrogen (secondary N) is 2. The highest BCUT2D eigenvalue weighted by atomic mass is 35.5. The van der Waals surface area contributed by atoms with Crippen LogP contribution in [0.5, 0.6) is 11.5 Å². The maximum atomic E-state index is 12.4. The molecule has 5 nitrogen and oxygen atoms in total. The Hall–Kier alpha value is -3.18. The first-order valence-corrected chi connectivity index (χ1v) is 8.63. The Morgan fingerprint density at radius 1 is 0.889 bits per heavy atom. The van der Waals surface area contributed by atoms with E-state index >= 15 is 0 Å². The van der Waals surface area contributed by atoms with Crippen LogP contribution in [0, 0.1) is 0 Å². The van der Waals surface area contributed by atoms with Gasteiger partial charge in [0.05, 0.1) is 19.9 Å². The molecule has 0 aliphatic carbocycles. The lowest BCUT2D eigenvalue weighted by atomic mass is 10.2. The summed E-state index contributed by atoms with van der Waals surface area (Å²) in [7, 11) is 3.17. The third-order valence-electron chi connectivity index (χ3n) is 3.92. The summed E-state index contributed by atoms with van der Waals surface area (Å²) in [5, 5.41) is 6.73. The highest BCUT2D eigenvalue weighted by Crippen LogP contribution is 2.30. The zero-order chi connectivity index (χ0) is 19.2. The van der Waals surface area contributed by atoms with Crippen LogP contribution in [0.1, 0.15) is 10.4 Å². The fourth-order valence-electron chi connectivity index (χ4n) is 2.54. The van der Waals surface area contributed by atoms with Crippen LogP contribution in [0.4, 0.5) is 17.1 Å². The molecule has 1 amide bonds. The molecular weight excluding hydrogens is 364 g/mol. The van der Waals surface area contributed by atoms with E-state index in [0.717, 1.165) is 11.4 Å². The zero-order valence-electron chi connectivity index (χ0n) is 15.0. The van der Waals surface area contributed by atoms with Gasteiger partial charge in [-0.3, -0.25) is 4.79 Å². The van der Waals surface area contributed by atoms with Crippen molar-refractivity contribution in [1.82, 2.24) is 0 Å². The third-order valence-corrected chi connectivity index (χ3v) is 4.15. The standard InChI is InChI=1S/C21H19ClN2O3/c1-26-18-5-3-4-14(12-18)21(25)24-17-9-7-16(8-10-17)23-19-13-15(22)6-11-20(19)27-2/h3-13,23H,1-2H3,(H,24,25). The van der Waals surface area contributed by atoms with Gasteiger partial charge >= 0.3 is 0 Å². The Morgan fingerprint density at radius 2 is 1.63 bits per heavy atom. The molecule has 0 saturated heterocycles. The normalized spacial score (nSPS) is 10.2. The predicted octanol–water partition coefficient (Wildman–Crippen LogP) is 5.35. The van der Waals surface area contributed by atoms with E-state index in [4.69, 9.17) is 21.1 Å². The average molecular weight is 383 g/mol. The van der Waals surface area contributed by atoms with Crippen LogP contribution in [0.15, 0.2) is 66.7 Å². The van der Waals surface area contributed by atoms with Crippen molar-refractivity contribution in [3.05, 3.63) is 77.3 Å². The first kappa shape index (κ1) is 18.6. The van der Waals surface area contributed by atoms with E-state index in [1.54, 1.807) is 56.7 Å². The molecule has 0 saturated carbocycles. The summed E-state index contributed by atoms with van der Waals surface area (Å²) in [6.45, 7) is 0. The average Bonchev–Trinajstić information content (AvgIpc) is 2.69. The van der Waals surface area contributed by atoms with Gasteiger partial charge in [-0.15, -0.1) is 0 Å². The first-order valence-electron chi connectivity index (χ1n) is 8.25. The number of amides is 1. The molecule has 0 bridgehead atoms.